The summed E-state index contributed by atoms with van der Waals surface area (Å²) in [5.41, 5.74) is 1.67. The van der Waals surface area contributed by atoms with Gasteiger partial charge in [0.1, 0.15) is 0 Å². The molecule has 3 heterocycles. The number of halogens is 1. The van der Waals surface area contributed by atoms with Crippen molar-refractivity contribution in [2.45, 2.75) is 31.4 Å². The first-order chi connectivity index (χ1) is 12.7. The van der Waals surface area contributed by atoms with Crippen LogP contribution in [0.3, 0.4) is 0 Å². The van der Waals surface area contributed by atoms with Gasteiger partial charge in [-0.05, 0) is 65.2 Å². The fourth-order valence-corrected chi connectivity index (χ4v) is 5.05. The highest BCUT2D eigenvalue weighted by Crippen LogP contribution is 2.26. The summed E-state index contributed by atoms with van der Waals surface area (Å²) in [6.07, 6.45) is 7.06. The van der Waals surface area contributed by atoms with Crippen LogP contribution in [0.1, 0.15) is 29.6 Å². The maximum atomic E-state index is 13.2. The van der Waals surface area contributed by atoms with E-state index in [0.717, 1.165) is 53.1 Å². The molecule has 2 atom stereocenters. The number of carbonyl (C=O) groups excluding carboxylic acids is 1. The molecule has 2 unspecified atom stereocenters. The van der Waals surface area contributed by atoms with E-state index in [0.29, 0.717) is 12.6 Å². The zero-order chi connectivity index (χ0) is 17.9. The number of amides is 1. The third-order valence-electron chi connectivity index (χ3n) is 4.96. The molecular formula is C19H22BrN3O2S. The van der Waals surface area contributed by atoms with E-state index in [-0.39, 0.29) is 12.0 Å². The zero-order valence-corrected chi connectivity index (χ0v) is 16.9. The predicted molar refractivity (Wildman–Crippen MR) is 107 cm³/mol. The van der Waals surface area contributed by atoms with Crippen LogP contribution < -0.4 is 0 Å². The molecule has 0 spiro atoms. The van der Waals surface area contributed by atoms with Crippen molar-refractivity contribution in [1.82, 2.24) is 14.7 Å². The maximum Gasteiger partial charge on any atom is 0.254 e. The van der Waals surface area contributed by atoms with Crippen LogP contribution in [0.25, 0.3) is 5.69 Å². The van der Waals surface area contributed by atoms with Crippen LogP contribution in [0, 0.1) is 0 Å². The van der Waals surface area contributed by atoms with Gasteiger partial charge in [-0.1, -0.05) is 0 Å². The Bertz CT molecular complexity index is 752. The van der Waals surface area contributed by atoms with Gasteiger partial charge in [-0.2, -0.15) is 16.9 Å². The molecule has 1 aromatic heterocycles. The summed E-state index contributed by atoms with van der Waals surface area (Å²) >= 11 is 5.34. The lowest BCUT2D eigenvalue weighted by Gasteiger charge is -2.31. The molecule has 7 heteroatoms. The summed E-state index contributed by atoms with van der Waals surface area (Å²) in [5, 5.41) is 4.28. The van der Waals surface area contributed by atoms with Gasteiger partial charge in [-0.25, -0.2) is 4.68 Å². The van der Waals surface area contributed by atoms with Gasteiger partial charge in [0.2, 0.25) is 0 Å². The van der Waals surface area contributed by atoms with Crippen molar-refractivity contribution in [2.24, 2.45) is 0 Å². The SMILES string of the molecule is O=C(c1ccc(-n2cc(Br)cn2)cc1)N(CC1CCCO1)C1CCSC1. The van der Waals surface area contributed by atoms with Crippen molar-refractivity contribution in [3.8, 4) is 5.69 Å². The number of rotatable bonds is 5. The first kappa shape index (κ1) is 18.1. The molecule has 2 aromatic rings. The van der Waals surface area contributed by atoms with Gasteiger partial charge >= 0.3 is 0 Å². The van der Waals surface area contributed by atoms with Gasteiger partial charge in [-0.15, -0.1) is 0 Å². The van der Waals surface area contributed by atoms with E-state index >= 15 is 0 Å². The number of ether oxygens (including phenoxy) is 1. The Morgan fingerprint density at radius 2 is 2.19 bits per heavy atom. The standard InChI is InChI=1S/C19H22BrN3O2S/c20-15-10-21-23(11-15)16-5-3-14(4-6-16)19(24)22(17-7-9-26-13-17)12-18-2-1-8-25-18/h3-6,10-11,17-18H,1-2,7-9,12-13H2. The molecule has 26 heavy (non-hydrogen) atoms. The lowest BCUT2D eigenvalue weighted by Crippen LogP contribution is -2.44. The van der Waals surface area contributed by atoms with Crippen LogP contribution in [0.15, 0.2) is 41.1 Å². The fraction of sp³-hybridized carbons (Fsp3) is 0.474. The van der Waals surface area contributed by atoms with Crippen molar-refractivity contribution in [1.29, 1.82) is 0 Å². The van der Waals surface area contributed by atoms with Crippen molar-refractivity contribution in [3.05, 3.63) is 46.7 Å². The van der Waals surface area contributed by atoms with E-state index in [4.69, 9.17) is 4.74 Å². The first-order valence-electron chi connectivity index (χ1n) is 9.01. The first-order valence-corrected chi connectivity index (χ1v) is 11.0. The number of thioether (sulfide) groups is 1. The molecule has 2 saturated heterocycles. The van der Waals surface area contributed by atoms with E-state index in [1.54, 1.807) is 10.9 Å². The van der Waals surface area contributed by atoms with Gasteiger partial charge in [0.15, 0.2) is 0 Å². The quantitative estimate of drug-likeness (QED) is 0.716. The Kier molecular flexibility index (Phi) is 5.66. The van der Waals surface area contributed by atoms with Crippen molar-refractivity contribution in [3.63, 3.8) is 0 Å². The number of hydrogen-bond donors (Lipinski definition) is 0. The minimum absolute atomic E-state index is 0.112. The summed E-state index contributed by atoms with van der Waals surface area (Å²) in [5.74, 6) is 2.27. The molecule has 138 valence electrons. The van der Waals surface area contributed by atoms with Gasteiger partial charge in [0.25, 0.3) is 5.91 Å². The Hall–Kier alpha value is -1.31. The van der Waals surface area contributed by atoms with Crippen LogP contribution >= 0.6 is 27.7 Å². The third-order valence-corrected chi connectivity index (χ3v) is 6.52. The fourth-order valence-electron chi connectivity index (χ4n) is 3.54. The maximum absolute atomic E-state index is 13.2. The second kappa shape index (κ2) is 8.15. The third kappa shape index (κ3) is 4.00. The minimum Gasteiger partial charge on any atom is -0.376 e. The van der Waals surface area contributed by atoms with Gasteiger partial charge in [0, 0.05) is 36.7 Å². The average Bonchev–Trinajstić information content (AvgIpc) is 3.42. The summed E-state index contributed by atoms with van der Waals surface area (Å²) in [6, 6.07) is 8.01. The van der Waals surface area contributed by atoms with Gasteiger partial charge < -0.3 is 9.64 Å². The zero-order valence-electron chi connectivity index (χ0n) is 14.5. The van der Waals surface area contributed by atoms with E-state index in [9.17, 15) is 4.79 Å². The van der Waals surface area contributed by atoms with Crippen LogP contribution in [0.2, 0.25) is 0 Å². The molecule has 0 radical (unpaired) electrons. The van der Waals surface area contributed by atoms with E-state index < -0.39 is 0 Å². The molecule has 0 aliphatic carbocycles. The number of benzene rings is 1. The Labute approximate surface area is 166 Å². The molecule has 2 fully saturated rings. The Balaban J connectivity index is 1.52. The van der Waals surface area contributed by atoms with E-state index in [2.05, 4.69) is 25.9 Å². The monoisotopic (exact) mass is 435 g/mol. The summed E-state index contributed by atoms with van der Waals surface area (Å²) in [7, 11) is 0. The van der Waals surface area contributed by atoms with E-state index in [1.807, 2.05) is 42.2 Å². The second-order valence-electron chi connectivity index (χ2n) is 6.76. The van der Waals surface area contributed by atoms with Crippen molar-refractivity contribution in [2.75, 3.05) is 24.7 Å². The largest absolute Gasteiger partial charge is 0.376 e. The number of carbonyl (C=O) groups is 1. The predicted octanol–water partition coefficient (Wildman–Crippen LogP) is 3.76. The molecule has 5 nitrogen and oxygen atoms in total. The van der Waals surface area contributed by atoms with Crippen LogP contribution in [0.5, 0.6) is 0 Å². The summed E-state index contributed by atoms with van der Waals surface area (Å²) in [6.45, 7) is 1.53. The molecule has 2 aliphatic heterocycles. The molecule has 0 N–H and O–H groups in total. The second-order valence-corrected chi connectivity index (χ2v) is 8.83. The van der Waals surface area contributed by atoms with Crippen molar-refractivity contribution < 1.29 is 9.53 Å². The summed E-state index contributed by atoms with van der Waals surface area (Å²) in [4.78, 5) is 15.3. The summed E-state index contributed by atoms with van der Waals surface area (Å²) < 4.78 is 8.51. The highest BCUT2D eigenvalue weighted by Gasteiger charge is 2.31. The normalized spacial score (nSPS) is 22.7. The Morgan fingerprint density at radius 1 is 1.35 bits per heavy atom. The smallest absolute Gasteiger partial charge is 0.254 e. The highest BCUT2D eigenvalue weighted by atomic mass is 79.9. The molecule has 2 aliphatic rings. The van der Waals surface area contributed by atoms with Crippen LogP contribution in [-0.2, 0) is 4.74 Å². The number of hydrogen-bond acceptors (Lipinski definition) is 4. The molecule has 0 saturated carbocycles. The van der Waals surface area contributed by atoms with Crippen LogP contribution in [-0.4, -0.2) is 57.4 Å². The molecule has 1 amide bonds. The lowest BCUT2D eigenvalue weighted by atomic mass is 10.1. The molecule has 4 rings (SSSR count). The van der Waals surface area contributed by atoms with Gasteiger partial charge in [0.05, 0.1) is 22.5 Å². The van der Waals surface area contributed by atoms with Gasteiger partial charge in [-0.3, -0.25) is 4.79 Å². The van der Waals surface area contributed by atoms with E-state index in [1.165, 1.54) is 0 Å². The highest BCUT2D eigenvalue weighted by molar-refractivity contribution is 9.10. The lowest BCUT2D eigenvalue weighted by molar-refractivity contribution is 0.0442. The van der Waals surface area contributed by atoms with Crippen molar-refractivity contribution >= 4 is 33.6 Å². The molecule has 1 aromatic carbocycles. The topological polar surface area (TPSA) is 47.4 Å². The average molecular weight is 436 g/mol. The van der Waals surface area contributed by atoms with Crippen LogP contribution in [0.4, 0.5) is 0 Å². The minimum atomic E-state index is 0.112. The number of aromatic nitrogens is 2. The molecular weight excluding hydrogens is 414 g/mol. The molecule has 0 bridgehead atoms. The number of nitrogens with zero attached hydrogens (tertiary/aromatic N) is 3. The Morgan fingerprint density at radius 3 is 2.81 bits per heavy atom.